The van der Waals surface area contributed by atoms with Gasteiger partial charge in [-0.1, -0.05) is 17.3 Å². The molecule has 1 heterocycles. The van der Waals surface area contributed by atoms with Crippen molar-refractivity contribution in [1.82, 2.24) is 0 Å². The predicted molar refractivity (Wildman–Crippen MR) is 86.4 cm³/mol. The molecule has 21 heavy (non-hydrogen) atoms. The third-order valence-corrected chi connectivity index (χ3v) is 6.03. The number of rotatable bonds is 5. The summed E-state index contributed by atoms with van der Waals surface area (Å²) in [5.74, 6) is 0.0896. The molecule has 2 aromatic rings. The number of halogens is 1. The van der Waals surface area contributed by atoms with Crippen molar-refractivity contribution in [3.8, 4) is 0 Å². The largest absolute Gasteiger partial charge is 0.409 e. The summed E-state index contributed by atoms with van der Waals surface area (Å²) in [5, 5.41) is 11.4. The molecule has 0 spiro atoms. The maximum atomic E-state index is 12.1. The molecule has 0 radical (unpaired) electrons. The zero-order valence-corrected chi connectivity index (χ0v) is 13.9. The molecule has 1 aromatic carbocycles. The summed E-state index contributed by atoms with van der Waals surface area (Å²) >= 11 is 4.37. The van der Waals surface area contributed by atoms with Crippen molar-refractivity contribution in [2.45, 2.75) is 10.6 Å². The molecular formula is C12H12BrN3O3S2. The second kappa shape index (κ2) is 6.46. The van der Waals surface area contributed by atoms with E-state index in [9.17, 15) is 8.42 Å². The van der Waals surface area contributed by atoms with Crippen LogP contribution in [0.2, 0.25) is 0 Å². The highest BCUT2D eigenvalue weighted by atomic mass is 79.9. The van der Waals surface area contributed by atoms with Crippen LogP contribution in [0.4, 0.5) is 5.69 Å². The minimum absolute atomic E-state index is 0.0896. The smallest absolute Gasteiger partial charge is 0.271 e. The van der Waals surface area contributed by atoms with Crippen molar-refractivity contribution < 1.29 is 13.6 Å². The Morgan fingerprint density at radius 1 is 1.29 bits per heavy atom. The summed E-state index contributed by atoms with van der Waals surface area (Å²) in [6.07, 6.45) is 0.293. The molecule has 0 atom stereocenters. The van der Waals surface area contributed by atoms with Gasteiger partial charge in [-0.15, -0.1) is 11.3 Å². The van der Waals surface area contributed by atoms with Crippen LogP contribution in [0.3, 0.4) is 0 Å². The number of anilines is 1. The van der Waals surface area contributed by atoms with Gasteiger partial charge < -0.3 is 10.9 Å². The van der Waals surface area contributed by atoms with Gasteiger partial charge in [-0.3, -0.25) is 4.72 Å². The number of nitrogens with zero attached hydrogens (tertiary/aromatic N) is 1. The Kier molecular flexibility index (Phi) is 4.86. The van der Waals surface area contributed by atoms with Gasteiger partial charge in [0.05, 0.1) is 3.79 Å². The lowest BCUT2D eigenvalue weighted by Gasteiger charge is -2.07. The number of thiophene rings is 1. The number of nitrogens with two attached hydrogens (primary N) is 1. The fraction of sp³-hybridized carbons (Fsp3) is 0.0833. The van der Waals surface area contributed by atoms with Crippen LogP contribution in [0.1, 0.15) is 5.56 Å². The average Bonchev–Trinajstić information content (AvgIpc) is 2.88. The molecule has 9 heteroatoms. The first-order chi connectivity index (χ1) is 9.90. The number of hydrogen-bond donors (Lipinski definition) is 3. The van der Waals surface area contributed by atoms with Crippen molar-refractivity contribution in [3.05, 3.63) is 45.7 Å². The van der Waals surface area contributed by atoms with Crippen LogP contribution in [0.25, 0.3) is 0 Å². The van der Waals surface area contributed by atoms with E-state index in [-0.39, 0.29) is 10.0 Å². The summed E-state index contributed by atoms with van der Waals surface area (Å²) in [6, 6.07) is 9.88. The highest BCUT2D eigenvalue weighted by Crippen LogP contribution is 2.27. The Hall–Kier alpha value is -1.58. The van der Waals surface area contributed by atoms with Gasteiger partial charge in [-0.25, -0.2) is 8.42 Å². The Morgan fingerprint density at radius 2 is 1.95 bits per heavy atom. The number of oxime groups is 1. The lowest BCUT2D eigenvalue weighted by atomic mass is 10.1. The van der Waals surface area contributed by atoms with E-state index in [1.54, 1.807) is 30.3 Å². The Labute approximate surface area is 134 Å². The van der Waals surface area contributed by atoms with Gasteiger partial charge in [-0.2, -0.15) is 0 Å². The number of hydrogen-bond acceptors (Lipinski definition) is 5. The monoisotopic (exact) mass is 389 g/mol. The topological polar surface area (TPSA) is 105 Å². The zero-order valence-electron chi connectivity index (χ0n) is 10.7. The van der Waals surface area contributed by atoms with E-state index < -0.39 is 10.0 Å². The first-order valence-corrected chi connectivity index (χ1v) is 8.83. The second-order valence-electron chi connectivity index (χ2n) is 4.13. The summed E-state index contributed by atoms with van der Waals surface area (Å²) in [4.78, 5) is 0. The van der Waals surface area contributed by atoms with Crippen LogP contribution >= 0.6 is 27.3 Å². The fourth-order valence-electron chi connectivity index (χ4n) is 1.58. The Bertz CT molecular complexity index is 754. The van der Waals surface area contributed by atoms with E-state index in [1.165, 1.54) is 6.07 Å². The van der Waals surface area contributed by atoms with E-state index in [4.69, 9.17) is 10.9 Å². The van der Waals surface area contributed by atoms with Gasteiger partial charge in [0.2, 0.25) is 0 Å². The second-order valence-corrected chi connectivity index (χ2v) is 8.50. The Morgan fingerprint density at radius 3 is 2.48 bits per heavy atom. The van der Waals surface area contributed by atoms with Crippen LogP contribution in [0.15, 0.2) is 49.5 Å². The Balaban J connectivity index is 2.13. The number of amidine groups is 1. The van der Waals surface area contributed by atoms with Crippen LogP contribution in [0, 0.1) is 0 Å². The molecule has 4 N–H and O–H groups in total. The molecule has 0 saturated heterocycles. The van der Waals surface area contributed by atoms with Crippen molar-refractivity contribution >= 4 is 48.8 Å². The molecule has 0 unspecified atom stereocenters. The zero-order chi connectivity index (χ0) is 15.5. The lowest BCUT2D eigenvalue weighted by molar-refractivity contribution is 0.317. The van der Waals surface area contributed by atoms with Gasteiger partial charge in [0.15, 0.2) is 0 Å². The maximum Gasteiger partial charge on any atom is 0.271 e. The molecule has 0 saturated carbocycles. The van der Waals surface area contributed by atoms with Gasteiger partial charge in [0.1, 0.15) is 10.0 Å². The van der Waals surface area contributed by atoms with Crippen molar-refractivity contribution in [3.63, 3.8) is 0 Å². The minimum Gasteiger partial charge on any atom is -0.409 e. The van der Waals surface area contributed by atoms with Gasteiger partial charge in [0.25, 0.3) is 10.0 Å². The normalized spacial score (nSPS) is 12.3. The van der Waals surface area contributed by atoms with Crippen LogP contribution in [-0.4, -0.2) is 19.5 Å². The SMILES string of the molecule is NC(Cc1ccc(NS(=O)(=O)c2ccc(Br)s2)cc1)=NO. The fourth-order valence-corrected chi connectivity index (χ4v) is 4.65. The first kappa shape index (κ1) is 15.8. The molecule has 2 rings (SSSR count). The molecule has 112 valence electrons. The first-order valence-electron chi connectivity index (χ1n) is 5.74. The summed E-state index contributed by atoms with van der Waals surface area (Å²) < 4.78 is 27.7. The van der Waals surface area contributed by atoms with Crippen molar-refractivity contribution in [2.75, 3.05) is 4.72 Å². The van der Waals surface area contributed by atoms with Gasteiger partial charge >= 0.3 is 0 Å². The lowest BCUT2D eigenvalue weighted by Crippen LogP contribution is -2.15. The third-order valence-electron chi connectivity index (χ3n) is 2.53. The third kappa shape index (κ3) is 4.19. The van der Waals surface area contributed by atoms with Crippen LogP contribution in [0.5, 0.6) is 0 Å². The van der Waals surface area contributed by atoms with Gasteiger partial charge in [0, 0.05) is 12.1 Å². The van der Waals surface area contributed by atoms with E-state index >= 15 is 0 Å². The highest BCUT2D eigenvalue weighted by molar-refractivity contribution is 9.11. The number of sulfonamides is 1. The number of benzene rings is 1. The average molecular weight is 390 g/mol. The van der Waals surface area contributed by atoms with E-state index in [0.29, 0.717) is 12.1 Å². The molecule has 0 fully saturated rings. The molecule has 6 nitrogen and oxygen atoms in total. The van der Waals surface area contributed by atoms with Crippen LogP contribution in [-0.2, 0) is 16.4 Å². The molecule has 0 aliphatic rings. The summed E-state index contributed by atoms with van der Waals surface area (Å²) in [7, 11) is -3.58. The van der Waals surface area contributed by atoms with Crippen molar-refractivity contribution in [1.29, 1.82) is 0 Å². The quantitative estimate of drug-likeness (QED) is 0.316. The molecule has 0 aliphatic carbocycles. The molecule has 1 aromatic heterocycles. The summed E-state index contributed by atoms with van der Waals surface area (Å²) in [6.45, 7) is 0. The van der Waals surface area contributed by atoms with E-state index in [0.717, 1.165) is 20.7 Å². The minimum atomic E-state index is -3.58. The van der Waals surface area contributed by atoms with Gasteiger partial charge in [-0.05, 0) is 45.8 Å². The molecular weight excluding hydrogens is 378 g/mol. The van der Waals surface area contributed by atoms with Crippen LogP contribution < -0.4 is 10.5 Å². The standard InChI is InChI=1S/C12H12BrN3O3S2/c13-10-5-6-12(20-10)21(18,19)16-9-3-1-8(2-4-9)7-11(14)15-17/h1-6,16-17H,7H2,(H2,14,15). The van der Waals surface area contributed by atoms with Crippen molar-refractivity contribution in [2.24, 2.45) is 10.9 Å². The number of nitrogens with one attached hydrogen (secondary N) is 1. The maximum absolute atomic E-state index is 12.1. The summed E-state index contributed by atoms with van der Waals surface area (Å²) in [5.41, 5.74) is 6.67. The highest BCUT2D eigenvalue weighted by Gasteiger charge is 2.16. The van der Waals surface area contributed by atoms with E-state index in [1.807, 2.05) is 0 Å². The van der Waals surface area contributed by atoms with E-state index in [2.05, 4.69) is 25.8 Å². The molecule has 0 bridgehead atoms. The molecule has 0 aliphatic heterocycles. The predicted octanol–water partition coefficient (Wildman–Crippen LogP) is 2.60. The molecule has 0 amide bonds.